The average Bonchev–Trinajstić information content (AvgIpc) is 3.19. The highest BCUT2D eigenvalue weighted by Gasteiger charge is 2.55. The van der Waals surface area contributed by atoms with Gasteiger partial charge in [0.05, 0.1) is 5.69 Å². The number of piperazine rings is 2. The molecule has 0 bridgehead atoms. The molecule has 3 aromatic carbocycles. The maximum Gasteiger partial charge on any atom is 0.508 e. The third-order valence-corrected chi connectivity index (χ3v) is 8.49. The Morgan fingerprint density at radius 3 is 2.02 bits per heavy atom. The van der Waals surface area contributed by atoms with Gasteiger partial charge in [-0.1, -0.05) is 62.4 Å². The van der Waals surface area contributed by atoms with Crippen molar-refractivity contribution in [1.29, 1.82) is 0 Å². The molecular weight excluding hydrogens is 560 g/mol. The normalized spacial score (nSPS) is 19.1. The summed E-state index contributed by atoms with van der Waals surface area (Å²) in [5, 5.41) is 1.57. The van der Waals surface area contributed by atoms with Gasteiger partial charge in [-0.15, -0.1) is 0 Å². The smallest absolute Gasteiger partial charge is 0.410 e. The first-order valence-corrected chi connectivity index (χ1v) is 15.2. The molecule has 230 valence electrons. The van der Waals surface area contributed by atoms with E-state index in [1.165, 1.54) is 5.56 Å². The van der Waals surface area contributed by atoms with Crippen LogP contribution in [0, 0.1) is 0 Å². The van der Waals surface area contributed by atoms with Gasteiger partial charge in [0.1, 0.15) is 0 Å². The minimum Gasteiger partial charge on any atom is -0.410 e. The van der Waals surface area contributed by atoms with E-state index in [0.717, 1.165) is 55.1 Å². The van der Waals surface area contributed by atoms with E-state index in [-0.39, 0.29) is 0 Å². The summed E-state index contributed by atoms with van der Waals surface area (Å²) in [6.07, 6.45) is 1.90. The highest BCUT2D eigenvalue weighted by atomic mass is 16.9. The summed E-state index contributed by atoms with van der Waals surface area (Å²) in [5.41, 5.74) is 3.09. The van der Waals surface area contributed by atoms with Crippen LogP contribution in [0.15, 0.2) is 72.8 Å². The number of benzene rings is 3. The number of hydrogen-bond acceptors (Lipinski definition) is 9. The molecule has 0 N–H and O–H groups in total. The average molecular weight is 599 g/mol. The number of rotatable bonds is 6. The molecule has 10 heteroatoms. The predicted molar refractivity (Wildman–Crippen MR) is 168 cm³/mol. The molecule has 3 heterocycles. The molecule has 0 saturated carbocycles. The first-order valence-electron chi connectivity index (χ1n) is 15.2. The Morgan fingerprint density at radius 1 is 0.750 bits per heavy atom. The van der Waals surface area contributed by atoms with Crippen molar-refractivity contribution in [3.63, 3.8) is 0 Å². The Labute approximate surface area is 257 Å². The van der Waals surface area contributed by atoms with Gasteiger partial charge >= 0.3 is 23.8 Å². The zero-order chi connectivity index (χ0) is 30.8. The minimum absolute atomic E-state index is 0.313. The van der Waals surface area contributed by atoms with Crippen LogP contribution in [0.2, 0.25) is 0 Å². The van der Waals surface area contributed by atoms with Crippen molar-refractivity contribution in [3.8, 4) is 5.75 Å². The zero-order valence-electron chi connectivity index (χ0n) is 25.4. The van der Waals surface area contributed by atoms with Gasteiger partial charge in [-0.05, 0) is 36.0 Å². The summed E-state index contributed by atoms with van der Waals surface area (Å²) in [4.78, 5) is 48.2. The summed E-state index contributed by atoms with van der Waals surface area (Å²) >= 11 is 0. The summed E-state index contributed by atoms with van der Waals surface area (Å²) in [7, 11) is 2.07. The summed E-state index contributed by atoms with van der Waals surface area (Å²) in [6.45, 7) is 9.19. The second-order valence-corrected chi connectivity index (χ2v) is 11.8. The van der Waals surface area contributed by atoms with Crippen molar-refractivity contribution in [2.45, 2.75) is 25.7 Å². The SMILES string of the molecule is CC(C)c1ccccc1N1CCN(C(=O)C2(Oc3c(N4CCN(C)CC4)ccc4ccccc34)OC(=O)C=CC(=O)O2)CC1. The van der Waals surface area contributed by atoms with Crippen LogP contribution in [0.5, 0.6) is 5.75 Å². The van der Waals surface area contributed by atoms with Crippen molar-refractivity contribution in [1.82, 2.24) is 9.80 Å². The zero-order valence-corrected chi connectivity index (χ0v) is 25.4. The number of ether oxygens (including phenoxy) is 3. The fraction of sp³-hybridized carbons (Fsp3) is 0.382. The standard InChI is InChI=1S/C34H38N4O6/c1-24(2)26-9-6-7-11-28(26)36-20-22-38(23-21-36)33(41)34(42-30(39)14-15-31(40)43-34)44-32-27-10-5-4-8-25(27)12-13-29(32)37-18-16-35(3)17-19-37/h4-15,24H,16-23H2,1-3H3. The Hall–Kier alpha value is -4.57. The van der Waals surface area contributed by atoms with Crippen LogP contribution in [0.25, 0.3) is 10.8 Å². The molecule has 0 radical (unpaired) electrons. The molecule has 2 saturated heterocycles. The number of esters is 2. The largest absolute Gasteiger partial charge is 0.508 e. The lowest BCUT2D eigenvalue weighted by molar-refractivity contribution is -0.292. The molecule has 2 fully saturated rings. The number of cyclic esters (lactones) is 2. The van der Waals surface area contributed by atoms with Crippen LogP contribution in [-0.2, 0) is 23.9 Å². The van der Waals surface area contributed by atoms with E-state index in [4.69, 9.17) is 14.2 Å². The fourth-order valence-electron chi connectivity index (χ4n) is 6.04. The van der Waals surface area contributed by atoms with Crippen LogP contribution in [0.3, 0.4) is 0 Å². The lowest BCUT2D eigenvalue weighted by atomic mass is 10.00. The molecule has 0 spiro atoms. The van der Waals surface area contributed by atoms with E-state index in [0.29, 0.717) is 43.2 Å². The van der Waals surface area contributed by atoms with Crippen molar-refractivity contribution in [3.05, 3.63) is 78.4 Å². The Balaban J connectivity index is 1.35. The number of carbonyl (C=O) groups is 3. The molecule has 44 heavy (non-hydrogen) atoms. The molecule has 1 amide bonds. The molecule has 6 rings (SSSR count). The predicted octanol–water partition coefficient (Wildman–Crippen LogP) is 3.75. The number of nitrogens with zero attached hydrogens (tertiary/aromatic N) is 4. The lowest BCUT2D eigenvalue weighted by Crippen LogP contribution is -2.61. The van der Waals surface area contributed by atoms with Gasteiger partial charge in [-0.3, -0.25) is 4.79 Å². The van der Waals surface area contributed by atoms with Crippen molar-refractivity contribution >= 4 is 40.0 Å². The molecule has 3 aliphatic rings. The topological polar surface area (TPSA) is 91.9 Å². The molecular formula is C34H38N4O6. The number of carbonyl (C=O) groups excluding carboxylic acids is 3. The van der Waals surface area contributed by atoms with Gasteiger partial charge in [0.25, 0.3) is 0 Å². The fourth-order valence-corrected chi connectivity index (χ4v) is 6.04. The van der Waals surface area contributed by atoms with E-state index in [9.17, 15) is 14.4 Å². The quantitative estimate of drug-likeness (QED) is 0.394. The lowest BCUT2D eigenvalue weighted by Gasteiger charge is -2.41. The number of amides is 1. The summed E-state index contributed by atoms with van der Waals surface area (Å²) in [5.74, 6) is -4.54. The van der Waals surface area contributed by atoms with Crippen LogP contribution in [0.1, 0.15) is 25.3 Å². The number of anilines is 2. The van der Waals surface area contributed by atoms with Crippen molar-refractivity contribution in [2.24, 2.45) is 0 Å². The van der Waals surface area contributed by atoms with Crippen LogP contribution in [0.4, 0.5) is 11.4 Å². The second-order valence-electron chi connectivity index (χ2n) is 11.8. The van der Waals surface area contributed by atoms with Crippen LogP contribution < -0.4 is 14.5 Å². The third-order valence-electron chi connectivity index (χ3n) is 8.49. The molecule has 0 unspecified atom stereocenters. The molecule has 3 aliphatic heterocycles. The number of hydrogen-bond donors (Lipinski definition) is 0. The number of fused-ring (bicyclic) bond motifs is 1. The molecule has 0 aliphatic carbocycles. The molecule has 10 nitrogen and oxygen atoms in total. The van der Waals surface area contributed by atoms with Crippen LogP contribution >= 0.6 is 0 Å². The first kappa shape index (κ1) is 29.5. The van der Waals surface area contributed by atoms with Crippen LogP contribution in [-0.4, -0.2) is 93.0 Å². The monoisotopic (exact) mass is 598 g/mol. The highest BCUT2D eigenvalue weighted by molar-refractivity contribution is 5.99. The Morgan fingerprint density at radius 2 is 1.34 bits per heavy atom. The number of likely N-dealkylation sites (N-methyl/N-ethyl adjacent to an activating group) is 1. The van der Waals surface area contributed by atoms with E-state index in [1.54, 1.807) is 4.90 Å². The second kappa shape index (κ2) is 12.2. The minimum atomic E-state index is -2.64. The number of para-hydroxylation sites is 1. The van der Waals surface area contributed by atoms with E-state index in [2.05, 4.69) is 47.7 Å². The van der Waals surface area contributed by atoms with Crippen molar-refractivity contribution in [2.75, 3.05) is 69.2 Å². The molecule has 0 aromatic heterocycles. The van der Waals surface area contributed by atoms with E-state index >= 15 is 0 Å². The van der Waals surface area contributed by atoms with Gasteiger partial charge in [0.2, 0.25) is 0 Å². The maximum atomic E-state index is 14.4. The summed E-state index contributed by atoms with van der Waals surface area (Å²) < 4.78 is 17.8. The summed E-state index contributed by atoms with van der Waals surface area (Å²) in [6, 6.07) is 19.8. The van der Waals surface area contributed by atoms with E-state index in [1.807, 2.05) is 48.5 Å². The van der Waals surface area contributed by atoms with Gasteiger partial charge < -0.3 is 33.8 Å². The van der Waals surface area contributed by atoms with E-state index < -0.39 is 23.8 Å². The van der Waals surface area contributed by atoms with Crippen molar-refractivity contribution < 1.29 is 28.6 Å². The highest BCUT2D eigenvalue weighted by Crippen LogP contribution is 2.40. The molecule has 3 aromatic rings. The molecule has 0 atom stereocenters. The van der Waals surface area contributed by atoms with Gasteiger partial charge in [0, 0.05) is 75.6 Å². The first-order chi connectivity index (χ1) is 21.2. The van der Waals surface area contributed by atoms with Gasteiger partial charge in [-0.2, -0.15) is 0 Å². The van der Waals surface area contributed by atoms with Gasteiger partial charge in [0.15, 0.2) is 5.75 Å². The third kappa shape index (κ3) is 5.81. The Bertz CT molecular complexity index is 1570. The Kier molecular flexibility index (Phi) is 8.18. The maximum absolute atomic E-state index is 14.4. The van der Waals surface area contributed by atoms with Gasteiger partial charge in [-0.25, -0.2) is 9.59 Å².